The molecule has 0 saturated heterocycles. The van der Waals surface area contributed by atoms with Gasteiger partial charge in [0.1, 0.15) is 5.82 Å². The lowest BCUT2D eigenvalue weighted by molar-refractivity contribution is 0.474. The van der Waals surface area contributed by atoms with Crippen molar-refractivity contribution in [2.45, 2.75) is 39.8 Å². The number of hydrogen-bond donors (Lipinski definition) is 1. The fourth-order valence-corrected chi connectivity index (χ4v) is 1.89. The summed E-state index contributed by atoms with van der Waals surface area (Å²) < 4.78 is 15.4. The van der Waals surface area contributed by atoms with Gasteiger partial charge in [-0.1, -0.05) is 13.0 Å². The van der Waals surface area contributed by atoms with Crippen LogP contribution in [0.25, 0.3) is 0 Å². The van der Waals surface area contributed by atoms with Crippen LogP contribution in [0, 0.1) is 12.7 Å². The molecule has 1 N–H and O–H groups in total. The Labute approximate surface area is 113 Å². The molecular weight excluding hydrogens is 241 g/mol. The summed E-state index contributed by atoms with van der Waals surface area (Å²) in [6.45, 7) is 6.66. The maximum Gasteiger partial charge on any atom is 0.128 e. The molecule has 2 rings (SSSR count). The van der Waals surface area contributed by atoms with Crippen LogP contribution in [0.3, 0.4) is 0 Å². The number of hydrogen-bond acceptors (Lipinski definition) is 2. The molecule has 0 fully saturated rings. The third-order valence-corrected chi connectivity index (χ3v) is 3.43. The maximum absolute atomic E-state index is 13.4. The van der Waals surface area contributed by atoms with Gasteiger partial charge in [0.2, 0.25) is 0 Å². The van der Waals surface area contributed by atoms with Crippen LogP contribution < -0.4 is 5.32 Å². The highest BCUT2D eigenvalue weighted by Gasteiger charge is 2.06. The van der Waals surface area contributed by atoms with Crippen molar-refractivity contribution in [3.8, 4) is 0 Å². The highest BCUT2D eigenvalue weighted by Crippen LogP contribution is 2.18. The molecule has 0 aliphatic carbocycles. The Balaban J connectivity index is 2.02. The van der Waals surface area contributed by atoms with E-state index in [4.69, 9.17) is 0 Å². The van der Waals surface area contributed by atoms with E-state index in [1.165, 1.54) is 6.07 Å². The fourth-order valence-electron chi connectivity index (χ4n) is 1.89. The van der Waals surface area contributed by atoms with Gasteiger partial charge in [0.15, 0.2) is 0 Å². The van der Waals surface area contributed by atoms with Crippen LogP contribution in [0.15, 0.2) is 30.5 Å². The lowest BCUT2D eigenvalue weighted by Gasteiger charge is -2.10. The van der Waals surface area contributed by atoms with Gasteiger partial charge in [0.05, 0.1) is 12.2 Å². The third kappa shape index (κ3) is 3.13. The molecule has 0 radical (unpaired) electrons. The van der Waals surface area contributed by atoms with E-state index in [0.29, 0.717) is 18.2 Å². The van der Waals surface area contributed by atoms with Crippen LogP contribution >= 0.6 is 0 Å². The summed E-state index contributed by atoms with van der Waals surface area (Å²) in [6.07, 6.45) is 3.04. The molecule has 1 unspecified atom stereocenters. The minimum absolute atomic E-state index is 0.185. The lowest BCUT2D eigenvalue weighted by atomic mass is 10.2. The molecule has 0 aliphatic rings. The summed E-state index contributed by atoms with van der Waals surface area (Å²) in [5.74, 6) is -0.185. The number of aromatic nitrogens is 2. The molecule has 0 aliphatic heterocycles. The molecule has 0 bridgehead atoms. The topological polar surface area (TPSA) is 29.9 Å². The van der Waals surface area contributed by atoms with Gasteiger partial charge in [-0.2, -0.15) is 5.10 Å². The Morgan fingerprint density at radius 3 is 2.89 bits per heavy atom. The van der Waals surface area contributed by atoms with E-state index in [0.717, 1.165) is 17.8 Å². The third-order valence-electron chi connectivity index (χ3n) is 3.43. The number of nitrogens with zero attached hydrogens (tertiary/aromatic N) is 2. The predicted molar refractivity (Wildman–Crippen MR) is 75.7 cm³/mol. The van der Waals surface area contributed by atoms with Crippen LogP contribution in [0.2, 0.25) is 0 Å². The predicted octanol–water partition coefficient (Wildman–Crippen LogP) is 3.91. The monoisotopic (exact) mass is 261 g/mol. The van der Waals surface area contributed by atoms with Crippen LogP contribution in [0.4, 0.5) is 10.1 Å². The van der Waals surface area contributed by atoms with Crippen molar-refractivity contribution < 1.29 is 4.39 Å². The number of rotatable bonds is 5. The van der Waals surface area contributed by atoms with Gasteiger partial charge in [0, 0.05) is 23.5 Å². The van der Waals surface area contributed by atoms with E-state index < -0.39 is 0 Å². The lowest BCUT2D eigenvalue weighted by Crippen LogP contribution is -2.07. The maximum atomic E-state index is 13.4. The van der Waals surface area contributed by atoms with Gasteiger partial charge in [-0.15, -0.1) is 0 Å². The Hall–Kier alpha value is -1.84. The Morgan fingerprint density at radius 1 is 1.37 bits per heavy atom. The average Bonchev–Trinajstić information content (AvgIpc) is 2.88. The zero-order valence-corrected chi connectivity index (χ0v) is 11.7. The van der Waals surface area contributed by atoms with Gasteiger partial charge in [-0.3, -0.25) is 4.68 Å². The quantitative estimate of drug-likeness (QED) is 0.884. The summed E-state index contributed by atoms with van der Waals surface area (Å²) in [5, 5.41) is 7.73. The van der Waals surface area contributed by atoms with Crippen LogP contribution in [0.1, 0.15) is 37.6 Å². The van der Waals surface area contributed by atoms with E-state index in [1.54, 1.807) is 13.0 Å². The average molecular weight is 261 g/mol. The van der Waals surface area contributed by atoms with Crippen molar-refractivity contribution in [1.82, 2.24) is 9.78 Å². The molecule has 2 aromatic rings. The van der Waals surface area contributed by atoms with E-state index in [2.05, 4.69) is 24.3 Å². The summed E-state index contributed by atoms with van der Waals surface area (Å²) in [6, 6.07) is 7.46. The molecule has 1 atom stereocenters. The molecular formula is C15H20FN3. The first-order valence-electron chi connectivity index (χ1n) is 6.64. The van der Waals surface area contributed by atoms with Gasteiger partial charge < -0.3 is 5.32 Å². The Kier molecular flexibility index (Phi) is 4.20. The SMILES string of the molecule is CCC(C)n1ccc(CNc2cccc(F)c2C)n1. The van der Waals surface area contributed by atoms with Crippen molar-refractivity contribution in [3.05, 3.63) is 47.5 Å². The number of anilines is 1. The standard InChI is InChI=1S/C15H20FN3/c1-4-11(2)19-9-8-13(18-19)10-17-15-7-5-6-14(16)12(15)3/h5-9,11,17H,4,10H2,1-3H3. The summed E-state index contributed by atoms with van der Waals surface area (Å²) in [5.41, 5.74) is 2.42. The summed E-state index contributed by atoms with van der Waals surface area (Å²) in [4.78, 5) is 0. The second-order valence-electron chi connectivity index (χ2n) is 4.81. The fraction of sp³-hybridized carbons (Fsp3) is 0.400. The minimum Gasteiger partial charge on any atom is -0.379 e. The molecule has 19 heavy (non-hydrogen) atoms. The first kappa shape index (κ1) is 13.6. The first-order chi connectivity index (χ1) is 9.11. The van der Waals surface area contributed by atoms with Crippen LogP contribution in [0.5, 0.6) is 0 Å². The number of benzene rings is 1. The van der Waals surface area contributed by atoms with Gasteiger partial charge in [-0.25, -0.2) is 4.39 Å². The van der Waals surface area contributed by atoms with E-state index in [1.807, 2.05) is 23.0 Å². The zero-order valence-electron chi connectivity index (χ0n) is 11.7. The van der Waals surface area contributed by atoms with E-state index in [9.17, 15) is 4.39 Å². The zero-order chi connectivity index (χ0) is 13.8. The first-order valence-corrected chi connectivity index (χ1v) is 6.64. The molecule has 1 aromatic carbocycles. The van der Waals surface area contributed by atoms with E-state index in [-0.39, 0.29) is 5.82 Å². The van der Waals surface area contributed by atoms with Crippen molar-refractivity contribution >= 4 is 5.69 Å². The summed E-state index contributed by atoms with van der Waals surface area (Å²) in [7, 11) is 0. The highest BCUT2D eigenvalue weighted by molar-refractivity contribution is 5.51. The molecule has 1 heterocycles. The van der Waals surface area contributed by atoms with Crippen LogP contribution in [-0.2, 0) is 6.54 Å². The molecule has 1 aromatic heterocycles. The molecule has 0 amide bonds. The molecule has 102 valence electrons. The largest absolute Gasteiger partial charge is 0.379 e. The number of halogens is 1. The van der Waals surface area contributed by atoms with Crippen LogP contribution in [-0.4, -0.2) is 9.78 Å². The smallest absolute Gasteiger partial charge is 0.128 e. The van der Waals surface area contributed by atoms with Crippen molar-refractivity contribution in [2.75, 3.05) is 5.32 Å². The second-order valence-corrected chi connectivity index (χ2v) is 4.81. The van der Waals surface area contributed by atoms with Gasteiger partial charge in [0.25, 0.3) is 0 Å². The molecule has 3 nitrogen and oxygen atoms in total. The Morgan fingerprint density at radius 2 is 2.16 bits per heavy atom. The van der Waals surface area contributed by atoms with Crippen molar-refractivity contribution in [2.24, 2.45) is 0 Å². The summed E-state index contributed by atoms with van der Waals surface area (Å²) >= 11 is 0. The van der Waals surface area contributed by atoms with Gasteiger partial charge in [-0.05, 0) is 38.5 Å². The number of nitrogens with one attached hydrogen (secondary N) is 1. The van der Waals surface area contributed by atoms with Crippen molar-refractivity contribution in [1.29, 1.82) is 0 Å². The van der Waals surface area contributed by atoms with E-state index >= 15 is 0 Å². The molecule has 0 spiro atoms. The normalized spacial score (nSPS) is 12.4. The highest BCUT2D eigenvalue weighted by atomic mass is 19.1. The van der Waals surface area contributed by atoms with Crippen molar-refractivity contribution in [3.63, 3.8) is 0 Å². The second kappa shape index (κ2) is 5.87. The Bertz CT molecular complexity index is 548. The molecule has 0 saturated carbocycles. The minimum atomic E-state index is -0.185. The van der Waals surface area contributed by atoms with Gasteiger partial charge >= 0.3 is 0 Å². The molecule has 4 heteroatoms.